The Morgan fingerprint density at radius 1 is 1.00 bits per heavy atom. The van der Waals surface area contributed by atoms with E-state index in [0.29, 0.717) is 11.3 Å². The minimum Gasteiger partial charge on any atom is -0.350 e. The predicted octanol–water partition coefficient (Wildman–Crippen LogP) is 3.62. The number of aromatic nitrogens is 1. The topological polar surface area (TPSA) is 51.1 Å². The van der Waals surface area contributed by atoms with Gasteiger partial charge in [0.15, 0.2) is 0 Å². The molecule has 2 aromatic carbocycles. The summed E-state index contributed by atoms with van der Waals surface area (Å²) < 4.78 is 1.85. The molecule has 0 saturated carbocycles. The summed E-state index contributed by atoms with van der Waals surface area (Å²) in [5, 5.41) is 3.49. The first kappa shape index (κ1) is 15.0. The second kappa shape index (κ2) is 5.72. The van der Waals surface area contributed by atoms with Crippen LogP contribution >= 0.6 is 0 Å². The fourth-order valence-corrected chi connectivity index (χ4v) is 2.88. The van der Waals surface area contributed by atoms with E-state index in [1.807, 2.05) is 67.9 Å². The number of fused-ring (bicyclic) bond motifs is 1. The molecule has 4 nitrogen and oxygen atoms in total. The van der Waals surface area contributed by atoms with Crippen molar-refractivity contribution < 1.29 is 9.59 Å². The van der Waals surface area contributed by atoms with Crippen molar-refractivity contribution >= 4 is 28.3 Å². The Kier molecular flexibility index (Phi) is 3.74. The molecule has 0 unspecified atom stereocenters. The quantitative estimate of drug-likeness (QED) is 0.593. The molecule has 0 aliphatic carbocycles. The van der Waals surface area contributed by atoms with Crippen LogP contribution in [0.5, 0.6) is 0 Å². The number of rotatable bonds is 3. The highest BCUT2D eigenvalue weighted by atomic mass is 16.2. The van der Waals surface area contributed by atoms with E-state index >= 15 is 0 Å². The van der Waals surface area contributed by atoms with Crippen molar-refractivity contribution in [3.63, 3.8) is 0 Å². The van der Waals surface area contributed by atoms with Gasteiger partial charge in [-0.2, -0.15) is 0 Å². The number of nitrogens with zero attached hydrogens (tertiary/aromatic N) is 1. The molecule has 116 valence electrons. The minimum absolute atomic E-state index is 0.421. The Hall–Kier alpha value is -2.88. The van der Waals surface area contributed by atoms with E-state index in [-0.39, 0.29) is 0 Å². The Morgan fingerprint density at radius 3 is 2.35 bits per heavy atom. The molecule has 23 heavy (non-hydrogen) atoms. The molecule has 1 heterocycles. The first-order valence-electron chi connectivity index (χ1n) is 7.44. The molecule has 0 atom stereocenters. The lowest BCUT2D eigenvalue weighted by Crippen LogP contribution is -2.22. The summed E-state index contributed by atoms with van der Waals surface area (Å²) in [6, 6.07) is 13.3. The van der Waals surface area contributed by atoms with Gasteiger partial charge in [-0.15, -0.1) is 0 Å². The van der Waals surface area contributed by atoms with E-state index < -0.39 is 11.7 Å². The number of hydrogen-bond acceptors (Lipinski definition) is 2. The van der Waals surface area contributed by atoms with Crippen molar-refractivity contribution in [2.45, 2.75) is 13.8 Å². The average Bonchev–Trinajstić information content (AvgIpc) is 2.83. The van der Waals surface area contributed by atoms with Crippen molar-refractivity contribution in [3.05, 3.63) is 65.4 Å². The summed E-state index contributed by atoms with van der Waals surface area (Å²) in [4.78, 5) is 24.8. The number of benzene rings is 2. The number of nitrogens with one attached hydrogen (secondary N) is 1. The number of anilines is 1. The summed E-state index contributed by atoms with van der Waals surface area (Å²) in [6.07, 6.45) is 1.70. The molecule has 3 rings (SSSR count). The van der Waals surface area contributed by atoms with Crippen LogP contribution in [0.15, 0.2) is 48.7 Å². The molecule has 0 aliphatic heterocycles. The fraction of sp³-hybridized carbons (Fsp3) is 0.158. The Bertz CT molecular complexity index is 902. The maximum absolute atomic E-state index is 12.5. The van der Waals surface area contributed by atoms with Gasteiger partial charge in [0.1, 0.15) is 0 Å². The van der Waals surface area contributed by atoms with Crippen LogP contribution in [0.3, 0.4) is 0 Å². The molecule has 0 aliphatic rings. The van der Waals surface area contributed by atoms with E-state index in [1.54, 1.807) is 6.20 Å². The van der Waals surface area contributed by atoms with Crippen LogP contribution in [0.1, 0.15) is 21.5 Å². The van der Waals surface area contributed by atoms with Crippen LogP contribution in [0, 0.1) is 13.8 Å². The number of carbonyl (C=O) groups excluding carboxylic acids is 2. The normalized spacial score (nSPS) is 10.7. The van der Waals surface area contributed by atoms with Gasteiger partial charge in [0, 0.05) is 29.8 Å². The highest BCUT2D eigenvalue weighted by Crippen LogP contribution is 2.21. The Labute approximate surface area is 134 Å². The maximum Gasteiger partial charge on any atom is 0.296 e. The first-order valence-corrected chi connectivity index (χ1v) is 7.44. The Morgan fingerprint density at radius 2 is 1.65 bits per heavy atom. The van der Waals surface area contributed by atoms with Crippen molar-refractivity contribution in [3.8, 4) is 0 Å². The lowest BCUT2D eigenvalue weighted by atomic mass is 10.1. The van der Waals surface area contributed by atoms with E-state index in [0.717, 1.165) is 22.0 Å². The summed E-state index contributed by atoms with van der Waals surface area (Å²) in [5.74, 6) is -1.15. The lowest BCUT2D eigenvalue weighted by Gasteiger charge is -2.06. The van der Waals surface area contributed by atoms with Crippen LogP contribution in [0.2, 0.25) is 0 Å². The van der Waals surface area contributed by atoms with Gasteiger partial charge in [0.2, 0.25) is 0 Å². The lowest BCUT2D eigenvalue weighted by molar-refractivity contribution is -0.112. The molecule has 0 fully saturated rings. The summed E-state index contributed by atoms with van der Waals surface area (Å²) in [7, 11) is 1.86. The molecule has 0 radical (unpaired) electrons. The third kappa shape index (κ3) is 2.88. The number of amides is 1. The second-order valence-electron chi connectivity index (χ2n) is 5.83. The van der Waals surface area contributed by atoms with Crippen LogP contribution in [-0.2, 0) is 11.8 Å². The molecule has 0 bridgehead atoms. The van der Waals surface area contributed by atoms with E-state index in [4.69, 9.17) is 0 Å². The summed E-state index contributed by atoms with van der Waals surface area (Å²) in [6.45, 7) is 3.91. The highest BCUT2D eigenvalue weighted by molar-refractivity contribution is 6.48. The predicted molar refractivity (Wildman–Crippen MR) is 91.8 cm³/mol. The third-order valence-corrected chi connectivity index (χ3v) is 3.83. The molecule has 3 aromatic rings. The molecule has 1 aromatic heterocycles. The minimum atomic E-state index is -0.619. The molecular formula is C19H18N2O2. The average molecular weight is 306 g/mol. The van der Waals surface area contributed by atoms with Crippen molar-refractivity contribution in [1.29, 1.82) is 0 Å². The molecule has 0 spiro atoms. The van der Waals surface area contributed by atoms with Crippen LogP contribution in [0.4, 0.5) is 5.69 Å². The SMILES string of the molecule is Cc1cc(C)cc(NC(=O)C(=O)c2cn(C)c3ccccc23)c1. The molecule has 4 heteroatoms. The zero-order valence-electron chi connectivity index (χ0n) is 13.4. The molecule has 0 saturated heterocycles. The van der Waals surface area contributed by atoms with Gasteiger partial charge in [-0.3, -0.25) is 9.59 Å². The number of ketones is 1. The van der Waals surface area contributed by atoms with Crippen LogP contribution in [0.25, 0.3) is 10.9 Å². The fourth-order valence-electron chi connectivity index (χ4n) is 2.88. The summed E-state index contributed by atoms with van der Waals surface area (Å²) >= 11 is 0. The van der Waals surface area contributed by atoms with Crippen molar-refractivity contribution in [2.24, 2.45) is 7.05 Å². The second-order valence-corrected chi connectivity index (χ2v) is 5.83. The van der Waals surface area contributed by atoms with E-state index in [1.165, 1.54) is 0 Å². The zero-order valence-corrected chi connectivity index (χ0v) is 13.4. The van der Waals surface area contributed by atoms with E-state index in [9.17, 15) is 9.59 Å². The molecule has 1 N–H and O–H groups in total. The number of aryl methyl sites for hydroxylation is 3. The number of hydrogen-bond donors (Lipinski definition) is 1. The molecule has 1 amide bonds. The third-order valence-electron chi connectivity index (χ3n) is 3.83. The largest absolute Gasteiger partial charge is 0.350 e. The van der Waals surface area contributed by atoms with Crippen molar-refractivity contribution in [2.75, 3.05) is 5.32 Å². The molecular weight excluding hydrogens is 288 g/mol. The van der Waals surface area contributed by atoms with Gasteiger partial charge < -0.3 is 9.88 Å². The van der Waals surface area contributed by atoms with Crippen molar-refractivity contribution in [1.82, 2.24) is 4.57 Å². The summed E-state index contributed by atoms with van der Waals surface area (Å²) in [5.41, 5.74) is 4.07. The maximum atomic E-state index is 12.5. The number of Topliss-reactive ketones (excluding diaryl/α,β-unsaturated/α-hetero) is 1. The first-order chi connectivity index (χ1) is 11.0. The van der Waals surface area contributed by atoms with Gasteiger partial charge in [-0.25, -0.2) is 0 Å². The van der Waals surface area contributed by atoms with Crippen LogP contribution < -0.4 is 5.32 Å². The smallest absolute Gasteiger partial charge is 0.296 e. The van der Waals surface area contributed by atoms with Gasteiger partial charge >= 0.3 is 0 Å². The van der Waals surface area contributed by atoms with Gasteiger partial charge in [-0.1, -0.05) is 24.3 Å². The number of carbonyl (C=O) groups is 2. The zero-order chi connectivity index (χ0) is 16.6. The van der Waals surface area contributed by atoms with Gasteiger partial charge in [0.05, 0.1) is 5.56 Å². The Balaban J connectivity index is 1.91. The van der Waals surface area contributed by atoms with Crippen LogP contribution in [-0.4, -0.2) is 16.3 Å². The van der Waals surface area contributed by atoms with Gasteiger partial charge in [0.25, 0.3) is 11.7 Å². The standard InChI is InChI=1S/C19H18N2O2/c1-12-8-13(2)10-14(9-12)20-19(23)18(22)16-11-21(3)17-7-5-4-6-15(16)17/h4-11H,1-3H3,(H,20,23). The number of para-hydroxylation sites is 1. The highest BCUT2D eigenvalue weighted by Gasteiger charge is 2.21. The van der Waals surface area contributed by atoms with Gasteiger partial charge in [-0.05, 0) is 43.2 Å². The van der Waals surface area contributed by atoms with E-state index in [2.05, 4.69) is 5.32 Å². The monoisotopic (exact) mass is 306 g/mol.